The highest BCUT2D eigenvalue weighted by Gasteiger charge is 2.68. The van der Waals surface area contributed by atoms with Crippen LogP contribution in [-0.2, 0) is 14.3 Å². The molecule has 3 fully saturated rings. The molecule has 1 spiro atoms. The molecule has 3 saturated heterocycles. The van der Waals surface area contributed by atoms with Crippen LogP contribution in [0.4, 0.5) is 4.79 Å². The summed E-state index contributed by atoms with van der Waals surface area (Å²) < 4.78 is 11.2. The third-order valence-corrected chi connectivity index (χ3v) is 4.70. The summed E-state index contributed by atoms with van der Waals surface area (Å²) in [7, 11) is 0. The first-order valence-electron chi connectivity index (χ1n) is 7.25. The fraction of sp³-hybridized carbons (Fsp3) is 0.857. The highest BCUT2D eigenvalue weighted by molar-refractivity contribution is 5.77. The van der Waals surface area contributed by atoms with E-state index in [9.17, 15) is 14.7 Å². The summed E-state index contributed by atoms with van der Waals surface area (Å²) >= 11 is 0. The van der Waals surface area contributed by atoms with Gasteiger partial charge in [0, 0.05) is 19.0 Å². The summed E-state index contributed by atoms with van der Waals surface area (Å²) in [5.74, 6) is -0.911. The fourth-order valence-electron chi connectivity index (χ4n) is 3.63. The van der Waals surface area contributed by atoms with Crippen molar-refractivity contribution in [1.82, 2.24) is 10.2 Å². The molecule has 3 heterocycles. The number of likely N-dealkylation sites (tertiary alicyclic amines) is 1. The maximum Gasteiger partial charge on any atom is 0.410 e. The van der Waals surface area contributed by atoms with E-state index in [2.05, 4.69) is 5.32 Å². The van der Waals surface area contributed by atoms with E-state index in [1.165, 1.54) is 0 Å². The summed E-state index contributed by atoms with van der Waals surface area (Å²) in [6.45, 7) is 7.54. The van der Waals surface area contributed by atoms with Gasteiger partial charge in [0.1, 0.15) is 16.6 Å². The SMILES string of the molecule is CC(C)(C)OC(=O)N1CC2(C1)OC[C@]1(C(=O)O)CNC[C@H]21. The molecule has 0 bridgehead atoms. The number of hydrogen-bond donors (Lipinski definition) is 2. The molecule has 0 aromatic carbocycles. The predicted octanol–water partition coefficient (Wildman–Crippen LogP) is 0.297. The van der Waals surface area contributed by atoms with Crippen molar-refractivity contribution in [3.8, 4) is 0 Å². The fourth-order valence-corrected chi connectivity index (χ4v) is 3.63. The maximum atomic E-state index is 12.0. The van der Waals surface area contributed by atoms with E-state index in [0.717, 1.165) is 0 Å². The average Bonchev–Trinajstić information content (AvgIpc) is 2.80. The molecule has 0 saturated carbocycles. The van der Waals surface area contributed by atoms with Gasteiger partial charge in [0.25, 0.3) is 0 Å². The van der Waals surface area contributed by atoms with Crippen LogP contribution in [0, 0.1) is 11.3 Å². The van der Waals surface area contributed by atoms with Crippen LogP contribution in [0.15, 0.2) is 0 Å². The summed E-state index contributed by atoms with van der Waals surface area (Å²) in [6.07, 6.45) is -0.365. The van der Waals surface area contributed by atoms with E-state index in [4.69, 9.17) is 9.47 Å². The second kappa shape index (κ2) is 4.33. The first-order valence-corrected chi connectivity index (χ1v) is 7.25. The Kier molecular flexibility index (Phi) is 3.01. The Hall–Kier alpha value is -1.34. The van der Waals surface area contributed by atoms with Gasteiger partial charge in [0.05, 0.1) is 19.7 Å². The zero-order valence-electron chi connectivity index (χ0n) is 12.6. The number of amides is 1. The third kappa shape index (κ3) is 2.10. The second-order valence-electron chi connectivity index (χ2n) is 7.33. The Bertz CT molecular complexity index is 480. The number of carboxylic acid groups (broad SMARTS) is 1. The number of hydrogen-bond acceptors (Lipinski definition) is 5. The molecule has 0 aromatic rings. The first-order chi connectivity index (χ1) is 9.69. The highest BCUT2D eigenvalue weighted by Crippen LogP contribution is 2.51. The summed E-state index contributed by atoms with van der Waals surface area (Å²) in [4.78, 5) is 25.2. The van der Waals surface area contributed by atoms with E-state index in [1.54, 1.807) is 4.90 Å². The molecular weight excluding hydrogens is 276 g/mol. The molecule has 0 radical (unpaired) electrons. The summed E-state index contributed by atoms with van der Waals surface area (Å²) in [5, 5.41) is 12.7. The Morgan fingerprint density at radius 2 is 2.05 bits per heavy atom. The summed E-state index contributed by atoms with van der Waals surface area (Å²) in [5.41, 5.74) is -1.91. The molecule has 1 amide bonds. The Labute approximate surface area is 123 Å². The standard InChI is InChI=1S/C14H22N2O5/c1-12(2,3)21-11(19)16-6-14(7-16)9-4-15-5-13(9,8-20-14)10(17)18/h9,15H,4-8H2,1-3H3,(H,17,18)/t9-,13+/m0/s1. The first kappa shape index (κ1) is 14.6. The molecule has 7 heteroatoms. The molecule has 0 aliphatic carbocycles. The molecule has 3 aliphatic rings. The Balaban J connectivity index is 1.68. The smallest absolute Gasteiger partial charge is 0.410 e. The molecule has 7 nitrogen and oxygen atoms in total. The van der Waals surface area contributed by atoms with Crippen molar-refractivity contribution in [2.24, 2.45) is 11.3 Å². The van der Waals surface area contributed by atoms with Crippen molar-refractivity contribution in [3.63, 3.8) is 0 Å². The number of carbonyl (C=O) groups excluding carboxylic acids is 1. The quantitative estimate of drug-likeness (QED) is 0.724. The van der Waals surface area contributed by atoms with Crippen LogP contribution in [-0.4, -0.2) is 66.1 Å². The highest BCUT2D eigenvalue weighted by atomic mass is 16.6. The molecule has 2 N–H and O–H groups in total. The monoisotopic (exact) mass is 298 g/mol. The zero-order valence-corrected chi connectivity index (χ0v) is 12.6. The number of nitrogens with one attached hydrogen (secondary N) is 1. The third-order valence-electron chi connectivity index (χ3n) is 4.70. The molecule has 3 rings (SSSR count). The van der Waals surface area contributed by atoms with Crippen molar-refractivity contribution >= 4 is 12.1 Å². The van der Waals surface area contributed by atoms with E-state index in [-0.39, 0.29) is 18.6 Å². The van der Waals surface area contributed by atoms with Crippen LogP contribution in [0.3, 0.4) is 0 Å². The van der Waals surface area contributed by atoms with E-state index in [0.29, 0.717) is 26.2 Å². The zero-order chi connectivity index (χ0) is 15.5. The largest absolute Gasteiger partial charge is 0.481 e. The minimum atomic E-state index is -0.847. The van der Waals surface area contributed by atoms with Gasteiger partial charge in [0.15, 0.2) is 0 Å². The van der Waals surface area contributed by atoms with Gasteiger partial charge >= 0.3 is 12.1 Å². The van der Waals surface area contributed by atoms with Crippen LogP contribution in [0.5, 0.6) is 0 Å². The van der Waals surface area contributed by atoms with Gasteiger partial charge in [-0.15, -0.1) is 0 Å². The van der Waals surface area contributed by atoms with Crippen LogP contribution in [0.2, 0.25) is 0 Å². The van der Waals surface area contributed by atoms with E-state index in [1.807, 2.05) is 20.8 Å². The molecule has 3 aliphatic heterocycles. The number of fused-ring (bicyclic) bond motifs is 2. The van der Waals surface area contributed by atoms with Gasteiger partial charge in [-0.05, 0) is 20.8 Å². The van der Waals surface area contributed by atoms with Crippen LogP contribution < -0.4 is 5.32 Å². The molecule has 2 atom stereocenters. The number of carboxylic acids is 1. The normalized spacial score (nSPS) is 33.7. The molecule has 118 valence electrons. The molecular formula is C14H22N2O5. The van der Waals surface area contributed by atoms with Crippen molar-refractivity contribution in [1.29, 1.82) is 0 Å². The van der Waals surface area contributed by atoms with Gasteiger partial charge < -0.3 is 24.8 Å². The maximum absolute atomic E-state index is 12.0. The van der Waals surface area contributed by atoms with Gasteiger partial charge in [0.2, 0.25) is 0 Å². The van der Waals surface area contributed by atoms with Crippen molar-refractivity contribution in [3.05, 3.63) is 0 Å². The molecule has 0 aromatic heterocycles. The van der Waals surface area contributed by atoms with Crippen LogP contribution >= 0.6 is 0 Å². The summed E-state index contributed by atoms with van der Waals surface area (Å²) in [6, 6.07) is 0. The molecule has 0 unspecified atom stereocenters. The number of carbonyl (C=O) groups is 2. The average molecular weight is 298 g/mol. The number of aliphatic carboxylic acids is 1. The van der Waals surface area contributed by atoms with Crippen molar-refractivity contribution < 1.29 is 24.2 Å². The predicted molar refractivity (Wildman–Crippen MR) is 72.9 cm³/mol. The minimum Gasteiger partial charge on any atom is -0.481 e. The van der Waals surface area contributed by atoms with Crippen molar-refractivity contribution in [2.75, 3.05) is 32.8 Å². The van der Waals surface area contributed by atoms with E-state index < -0.39 is 22.6 Å². The van der Waals surface area contributed by atoms with Gasteiger partial charge in [-0.25, -0.2) is 4.79 Å². The van der Waals surface area contributed by atoms with Gasteiger partial charge in [-0.2, -0.15) is 0 Å². The Morgan fingerprint density at radius 1 is 1.38 bits per heavy atom. The number of rotatable bonds is 1. The lowest BCUT2D eigenvalue weighted by molar-refractivity contribution is -0.149. The lowest BCUT2D eigenvalue weighted by Crippen LogP contribution is -2.68. The van der Waals surface area contributed by atoms with Crippen molar-refractivity contribution in [2.45, 2.75) is 32.0 Å². The van der Waals surface area contributed by atoms with Gasteiger partial charge in [-0.3, -0.25) is 4.79 Å². The van der Waals surface area contributed by atoms with Crippen LogP contribution in [0.25, 0.3) is 0 Å². The minimum absolute atomic E-state index is 0.0961. The second-order valence-corrected chi connectivity index (χ2v) is 7.33. The van der Waals surface area contributed by atoms with Crippen LogP contribution in [0.1, 0.15) is 20.8 Å². The van der Waals surface area contributed by atoms with Gasteiger partial charge in [-0.1, -0.05) is 0 Å². The lowest BCUT2D eigenvalue weighted by Gasteiger charge is -2.50. The van der Waals surface area contributed by atoms with E-state index >= 15 is 0 Å². The molecule has 21 heavy (non-hydrogen) atoms. The lowest BCUT2D eigenvalue weighted by atomic mass is 9.69. The topological polar surface area (TPSA) is 88.1 Å². The Morgan fingerprint density at radius 3 is 2.62 bits per heavy atom. The number of nitrogens with zero attached hydrogens (tertiary/aromatic N) is 1. The number of ether oxygens (including phenoxy) is 2.